The van der Waals surface area contributed by atoms with Crippen LogP contribution in [0.1, 0.15) is 22.1 Å². The minimum Gasteiger partial charge on any atom is -0.495 e. The predicted octanol–water partition coefficient (Wildman–Crippen LogP) is 5.77. The maximum Gasteiger partial charge on any atom is 0.262 e. The number of benzene rings is 3. The normalized spacial score (nSPS) is 15.9. The maximum atomic E-state index is 13.4. The van der Waals surface area contributed by atoms with Gasteiger partial charge >= 0.3 is 0 Å². The molecule has 3 aromatic carbocycles. The van der Waals surface area contributed by atoms with Crippen LogP contribution in [-0.4, -0.2) is 13.0 Å². The van der Waals surface area contributed by atoms with Crippen LogP contribution in [0, 0.1) is 0 Å². The number of hydrogen-bond donors (Lipinski definition) is 1. The summed E-state index contributed by atoms with van der Waals surface area (Å²) in [5.41, 5.74) is 2.68. The van der Waals surface area contributed by atoms with Gasteiger partial charge in [0.05, 0.1) is 28.4 Å². The lowest BCUT2D eigenvalue weighted by molar-refractivity contribution is 0.0974. The Hall–Kier alpha value is -2.69. The molecule has 1 N–H and O–H groups in total. The van der Waals surface area contributed by atoms with Gasteiger partial charge in [0.15, 0.2) is 0 Å². The Labute approximate surface area is 167 Å². The first-order valence-electron chi connectivity index (χ1n) is 8.38. The molecule has 0 spiro atoms. The molecule has 1 heterocycles. The average molecular weight is 399 g/mol. The Kier molecular flexibility index (Phi) is 4.68. The monoisotopic (exact) mass is 398 g/mol. The van der Waals surface area contributed by atoms with Crippen LogP contribution in [0.4, 0.5) is 11.4 Å². The van der Waals surface area contributed by atoms with Crippen LogP contribution in [0.25, 0.3) is 0 Å². The second kappa shape index (κ2) is 7.14. The SMILES string of the molecule is COc1ccccc1N1C(=O)c2ccccc2NC1c1cccc(Cl)c1Cl. The second-order valence-electron chi connectivity index (χ2n) is 6.08. The number of hydrogen-bond acceptors (Lipinski definition) is 3. The number of fused-ring (bicyclic) bond motifs is 1. The fourth-order valence-electron chi connectivity index (χ4n) is 3.28. The van der Waals surface area contributed by atoms with E-state index in [9.17, 15) is 4.79 Å². The molecule has 1 aliphatic rings. The van der Waals surface area contributed by atoms with Crippen molar-refractivity contribution in [3.8, 4) is 5.75 Å². The van der Waals surface area contributed by atoms with Crippen molar-refractivity contribution >= 4 is 40.5 Å². The minimum atomic E-state index is -0.533. The van der Waals surface area contributed by atoms with E-state index in [-0.39, 0.29) is 5.91 Å². The molecule has 136 valence electrons. The summed E-state index contributed by atoms with van der Waals surface area (Å²) >= 11 is 12.7. The maximum absolute atomic E-state index is 13.4. The van der Waals surface area contributed by atoms with Gasteiger partial charge in [-0.3, -0.25) is 9.69 Å². The van der Waals surface area contributed by atoms with Crippen molar-refractivity contribution in [3.63, 3.8) is 0 Å². The number of halogens is 2. The van der Waals surface area contributed by atoms with Crippen LogP contribution in [-0.2, 0) is 0 Å². The van der Waals surface area contributed by atoms with E-state index in [1.807, 2.05) is 54.6 Å². The highest BCUT2D eigenvalue weighted by Gasteiger charge is 2.36. The van der Waals surface area contributed by atoms with E-state index >= 15 is 0 Å². The highest BCUT2D eigenvalue weighted by atomic mass is 35.5. The van der Waals surface area contributed by atoms with Gasteiger partial charge in [-0.1, -0.05) is 59.6 Å². The standard InChI is InChI=1S/C21H16Cl2N2O2/c1-27-18-12-5-4-11-17(18)25-20(14-8-6-9-15(22)19(14)23)24-16-10-3-2-7-13(16)21(25)26/h2-12,20,24H,1H3. The molecule has 4 nitrogen and oxygen atoms in total. The number of para-hydroxylation sites is 3. The van der Waals surface area contributed by atoms with Crippen molar-refractivity contribution in [1.29, 1.82) is 0 Å². The predicted molar refractivity (Wildman–Crippen MR) is 109 cm³/mol. The molecule has 0 aliphatic carbocycles. The third kappa shape index (κ3) is 3.01. The molecule has 1 aliphatic heterocycles. The van der Waals surface area contributed by atoms with Crippen molar-refractivity contribution in [2.75, 3.05) is 17.3 Å². The quantitative estimate of drug-likeness (QED) is 0.608. The summed E-state index contributed by atoms with van der Waals surface area (Å²) in [4.78, 5) is 15.1. The van der Waals surface area contributed by atoms with Crippen molar-refractivity contribution in [2.24, 2.45) is 0 Å². The molecule has 1 atom stereocenters. The van der Waals surface area contributed by atoms with Gasteiger partial charge in [-0.25, -0.2) is 0 Å². The molecule has 0 saturated carbocycles. The Morgan fingerprint density at radius 3 is 2.52 bits per heavy atom. The minimum absolute atomic E-state index is 0.144. The lowest BCUT2D eigenvalue weighted by atomic mass is 10.0. The highest BCUT2D eigenvalue weighted by molar-refractivity contribution is 6.42. The molecule has 0 fully saturated rings. The second-order valence-corrected chi connectivity index (χ2v) is 6.87. The van der Waals surface area contributed by atoms with E-state index in [0.29, 0.717) is 32.6 Å². The van der Waals surface area contributed by atoms with Gasteiger partial charge in [0, 0.05) is 11.3 Å². The van der Waals surface area contributed by atoms with Gasteiger partial charge in [0.1, 0.15) is 11.9 Å². The van der Waals surface area contributed by atoms with Gasteiger partial charge in [-0.15, -0.1) is 0 Å². The number of carbonyl (C=O) groups is 1. The Bertz CT molecular complexity index is 1020. The molecule has 3 aromatic rings. The third-order valence-electron chi connectivity index (χ3n) is 4.55. The smallest absolute Gasteiger partial charge is 0.262 e. The Balaban J connectivity index is 1.94. The van der Waals surface area contributed by atoms with Crippen LogP contribution >= 0.6 is 23.2 Å². The van der Waals surface area contributed by atoms with E-state index in [1.165, 1.54) is 0 Å². The third-order valence-corrected chi connectivity index (χ3v) is 5.38. The van der Waals surface area contributed by atoms with Crippen LogP contribution in [0.5, 0.6) is 5.75 Å². The number of nitrogens with one attached hydrogen (secondary N) is 1. The van der Waals surface area contributed by atoms with Crippen LogP contribution < -0.4 is 15.0 Å². The zero-order valence-corrected chi connectivity index (χ0v) is 16.0. The van der Waals surface area contributed by atoms with Gasteiger partial charge in [0.2, 0.25) is 0 Å². The number of carbonyl (C=O) groups excluding carboxylic acids is 1. The molecule has 1 amide bonds. The molecule has 6 heteroatoms. The topological polar surface area (TPSA) is 41.6 Å². The Morgan fingerprint density at radius 1 is 0.963 bits per heavy atom. The van der Waals surface area contributed by atoms with Crippen LogP contribution in [0.3, 0.4) is 0 Å². The molecule has 4 rings (SSSR count). The van der Waals surface area contributed by atoms with Crippen LogP contribution in [0.15, 0.2) is 66.7 Å². The summed E-state index contributed by atoms with van der Waals surface area (Å²) in [5.74, 6) is 0.449. The fourth-order valence-corrected chi connectivity index (χ4v) is 3.69. The lowest BCUT2D eigenvalue weighted by Crippen LogP contribution is -2.43. The summed E-state index contributed by atoms with van der Waals surface area (Å²) in [5, 5.41) is 4.26. The first-order chi connectivity index (χ1) is 13.1. The van der Waals surface area contributed by atoms with Gasteiger partial charge < -0.3 is 10.1 Å². The average Bonchev–Trinajstić information content (AvgIpc) is 2.70. The molecule has 0 saturated heterocycles. The number of anilines is 2. The van der Waals surface area contributed by atoms with Gasteiger partial charge in [0.25, 0.3) is 5.91 Å². The van der Waals surface area contributed by atoms with E-state index in [1.54, 1.807) is 24.1 Å². The summed E-state index contributed by atoms with van der Waals surface area (Å²) in [6.07, 6.45) is -0.533. The summed E-state index contributed by atoms with van der Waals surface area (Å²) < 4.78 is 5.49. The molecule has 0 radical (unpaired) electrons. The number of rotatable bonds is 3. The first kappa shape index (κ1) is 17.7. The first-order valence-corrected chi connectivity index (χ1v) is 9.13. The van der Waals surface area contributed by atoms with Crippen LogP contribution in [0.2, 0.25) is 10.0 Å². The number of nitrogens with zero attached hydrogens (tertiary/aromatic N) is 1. The van der Waals surface area contributed by atoms with Crippen molar-refractivity contribution in [2.45, 2.75) is 6.17 Å². The highest BCUT2D eigenvalue weighted by Crippen LogP contribution is 2.42. The molecule has 27 heavy (non-hydrogen) atoms. The molecular formula is C21H16Cl2N2O2. The summed E-state index contributed by atoms with van der Waals surface area (Å²) in [6, 6.07) is 20.2. The summed E-state index contributed by atoms with van der Waals surface area (Å²) in [7, 11) is 1.58. The molecular weight excluding hydrogens is 383 g/mol. The zero-order chi connectivity index (χ0) is 19.0. The summed E-state index contributed by atoms with van der Waals surface area (Å²) in [6.45, 7) is 0. The van der Waals surface area contributed by atoms with E-state index in [4.69, 9.17) is 27.9 Å². The molecule has 1 unspecified atom stereocenters. The molecule has 0 bridgehead atoms. The number of methoxy groups -OCH3 is 1. The van der Waals surface area contributed by atoms with Gasteiger partial charge in [-0.05, 0) is 30.3 Å². The Morgan fingerprint density at radius 2 is 1.70 bits per heavy atom. The van der Waals surface area contributed by atoms with E-state index in [2.05, 4.69) is 5.32 Å². The van der Waals surface area contributed by atoms with Crippen molar-refractivity contribution < 1.29 is 9.53 Å². The number of amides is 1. The van der Waals surface area contributed by atoms with Gasteiger partial charge in [-0.2, -0.15) is 0 Å². The largest absolute Gasteiger partial charge is 0.495 e. The van der Waals surface area contributed by atoms with E-state index in [0.717, 1.165) is 5.69 Å². The lowest BCUT2D eigenvalue weighted by Gasteiger charge is -2.39. The fraction of sp³-hybridized carbons (Fsp3) is 0.0952. The molecule has 0 aromatic heterocycles. The zero-order valence-electron chi connectivity index (χ0n) is 14.4. The van der Waals surface area contributed by atoms with Crippen molar-refractivity contribution in [3.05, 3.63) is 87.9 Å². The number of ether oxygens (including phenoxy) is 1. The van der Waals surface area contributed by atoms with Crippen molar-refractivity contribution in [1.82, 2.24) is 0 Å². The van der Waals surface area contributed by atoms with E-state index < -0.39 is 6.17 Å².